The molecule has 0 radical (unpaired) electrons. The van der Waals surface area contributed by atoms with Gasteiger partial charge < -0.3 is 15.4 Å². The van der Waals surface area contributed by atoms with Crippen molar-refractivity contribution in [3.63, 3.8) is 0 Å². The van der Waals surface area contributed by atoms with Crippen LogP contribution in [0, 0.1) is 0 Å². The van der Waals surface area contributed by atoms with Crippen molar-refractivity contribution in [2.45, 2.75) is 24.2 Å². The molecule has 1 aliphatic rings. The van der Waals surface area contributed by atoms with Crippen molar-refractivity contribution in [1.29, 1.82) is 0 Å². The minimum atomic E-state index is -3.71. The van der Waals surface area contributed by atoms with E-state index in [1.165, 1.54) is 23.5 Å². The number of nitrogens with one attached hydrogen (secondary N) is 2. The Morgan fingerprint density at radius 1 is 1.00 bits per heavy atom. The smallest absolute Gasteiger partial charge is 0.264 e. The molecule has 182 valence electrons. The van der Waals surface area contributed by atoms with Gasteiger partial charge in [-0.05, 0) is 66.9 Å². The van der Waals surface area contributed by atoms with Crippen LogP contribution in [0.4, 0.5) is 11.4 Å². The normalized spacial score (nSPS) is 13.0. The molecule has 3 aromatic carbocycles. The molecule has 35 heavy (non-hydrogen) atoms. The number of nitrogens with zero attached hydrogens (tertiary/aromatic N) is 1. The number of rotatable bonds is 8. The SMILES string of the molecule is COc1cccc(C(=O)NCCC(=O)Nc2ccc(S(=O)(=O)N3CCCc4ccccc43)cc2)c1. The van der Waals surface area contributed by atoms with E-state index in [-0.39, 0.29) is 29.7 Å². The zero-order valence-electron chi connectivity index (χ0n) is 19.4. The van der Waals surface area contributed by atoms with Crippen molar-refractivity contribution in [3.05, 3.63) is 83.9 Å². The summed E-state index contributed by atoms with van der Waals surface area (Å²) in [6.45, 7) is 0.585. The molecule has 9 heteroatoms. The minimum absolute atomic E-state index is 0.0698. The number of anilines is 2. The first-order chi connectivity index (χ1) is 16.9. The molecular weight excluding hydrogens is 466 g/mol. The molecular formula is C26H27N3O5S. The Morgan fingerprint density at radius 3 is 2.54 bits per heavy atom. The molecule has 0 saturated carbocycles. The molecule has 8 nitrogen and oxygen atoms in total. The largest absolute Gasteiger partial charge is 0.497 e. The number of methoxy groups -OCH3 is 1. The Kier molecular flexibility index (Phi) is 7.36. The third kappa shape index (κ3) is 5.63. The second-order valence-corrected chi connectivity index (χ2v) is 9.98. The molecule has 4 rings (SSSR count). The van der Waals surface area contributed by atoms with E-state index >= 15 is 0 Å². The van der Waals surface area contributed by atoms with E-state index in [1.807, 2.05) is 24.3 Å². The molecule has 0 fully saturated rings. The monoisotopic (exact) mass is 493 g/mol. The molecule has 0 saturated heterocycles. The predicted molar refractivity (Wildman–Crippen MR) is 134 cm³/mol. The van der Waals surface area contributed by atoms with Gasteiger partial charge in [0.1, 0.15) is 5.75 Å². The first kappa shape index (κ1) is 24.3. The summed E-state index contributed by atoms with van der Waals surface area (Å²) < 4.78 is 33.0. The summed E-state index contributed by atoms with van der Waals surface area (Å²) in [5.74, 6) is -0.0209. The topological polar surface area (TPSA) is 105 Å². The zero-order chi connectivity index (χ0) is 24.8. The van der Waals surface area contributed by atoms with Crippen LogP contribution in [-0.2, 0) is 21.2 Å². The van der Waals surface area contributed by atoms with Gasteiger partial charge in [0.25, 0.3) is 15.9 Å². The lowest BCUT2D eigenvalue weighted by atomic mass is 10.0. The average Bonchev–Trinajstić information content (AvgIpc) is 2.88. The number of aryl methyl sites for hydroxylation is 1. The van der Waals surface area contributed by atoms with Gasteiger partial charge in [-0.25, -0.2) is 8.42 Å². The first-order valence-corrected chi connectivity index (χ1v) is 12.8. The molecule has 0 unspecified atom stereocenters. The molecule has 2 N–H and O–H groups in total. The summed E-state index contributed by atoms with van der Waals surface area (Å²) >= 11 is 0. The molecule has 0 aromatic heterocycles. The Hall–Kier alpha value is -3.85. The predicted octanol–water partition coefficient (Wildman–Crippen LogP) is 3.60. The molecule has 3 aromatic rings. The van der Waals surface area contributed by atoms with Crippen LogP contribution in [0.3, 0.4) is 0 Å². The summed E-state index contributed by atoms with van der Waals surface area (Å²) in [6, 6.07) is 20.4. The summed E-state index contributed by atoms with van der Waals surface area (Å²) in [6.07, 6.45) is 1.69. The van der Waals surface area contributed by atoms with Crippen molar-refractivity contribution in [1.82, 2.24) is 5.32 Å². The second kappa shape index (κ2) is 10.6. The lowest BCUT2D eigenvalue weighted by Crippen LogP contribution is -2.35. The van der Waals surface area contributed by atoms with Crippen LogP contribution < -0.4 is 19.7 Å². The van der Waals surface area contributed by atoms with Crippen LogP contribution in [0.15, 0.2) is 77.7 Å². The molecule has 0 spiro atoms. The Balaban J connectivity index is 1.33. The molecule has 1 heterocycles. The number of benzene rings is 3. The highest BCUT2D eigenvalue weighted by Crippen LogP contribution is 2.32. The van der Waals surface area contributed by atoms with E-state index in [0.29, 0.717) is 29.2 Å². The van der Waals surface area contributed by atoms with Gasteiger partial charge in [-0.3, -0.25) is 13.9 Å². The number of para-hydroxylation sites is 1. The maximum Gasteiger partial charge on any atom is 0.264 e. The lowest BCUT2D eigenvalue weighted by molar-refractivity contribution is -0.116. The number of fused-ring (bicyclic) bond motifs is 1. The van der Waals surface area contributed by atoms with E-state index in [4.69, 9.17) is 4.74 Å². The fraction of sp³-hybridized carbons (Fsp3) is 0.231. The van der Waals surface area contributed by atoms with Gasteiger partial charge >= 0.3 is 0 Å². The van der Waals surface area contributed by atoms with Crippen LogP contribution >= 0.6 is 0 Å². The van der Waals surface area contributed by atoms with Crippen LogP contribution in [0.2, 0.25) is 0 Å². The average molecular weight is 494 g/mol. The minimum Gasteiger partial charge on any atom is -0.497 e. The van der Waals surface area contributed by atoms with Crippen molar-refractivity contribution in [2.24, 2.45) is 0 Å². The molecule has 0 atom stereocenters. The summed E-state index contributed by atoms with van der Waals surface area (Å²) in [5, 5.41) is 5.43. The van der Waals surface area contributed by atoms with Gasteiger partial charge in [0.05, 0.1) is 17.7 Å². The molecule has 2 amide bonds. The third-order valence-corrected chi connectivity index (χ3v) is 7.59. The van der Waals surface area contributed by atoms with E-state index in [0.717, 1.165) is 18.4 Å². The highest BCUT2D eigenvalue weighted by molar-refractivity contribution is 7.92. The fourth-order valence-electron chi connectivity index (χ4n) is 3.97. The number of hydrogen-bond acceptors (Lipinski definition) is 5. The number of hydrogen-bond donors (Lipinski definition) is 2. The highest BCUT2D eigenvalue weighted by Gasteiger charge is 2.28. The lowest BCUT2D eigenvalue weighted by Gasteiger charge is -2.30. The van der Waals surface area contributed by atoms with E-state index in [9.17, 15) is 18.0 Å². The maximum atomic E-state index is 13.2. The number of sulfonamides is 1. The maximum absolute atomic E-state index is 13.2. The van der Waals surface area contributed by atoms with Gasteiger partial charge in [-0.1, -0.05) is 24.3 Å². The second-order valence-electron chi connectivity index (χ2n) is 8.12. The molecule has 0 bridgehead atoms. The summed E-state index contributed by atoms with van der Waals surface area (Å²) in [5.41, 5.74) is 2.65. The van der Waals surface area contributed by atoms with Gasteiger partial charge in [0.15, 0.2) is 0 Å². The Morgan fingerprint density at radius 2 is 1.77 bits per heavy atom. The van der Waals surface area contributed by atoms with E-state index in [1.54, 1.807) is 36.4 Å². The van der Waals surface area contributed by atoms with Gasteiger partial charge in [-0.2, -0.15) is 0 Å². The Labute approximate surface area is 205 Å². The van der Waals surface area contributed by atoms with Gasteiger partial charge in [-0.15, -0.1) is 0 Å². The van der Waals surface area contributed by atoms with Crippen LogP contribution in [0.5, 0.6) is 5.75 Å². The van der Waals surface area contributed by atoms with Gasteiger partial charge in [0, 0.05) is 30.8 Å². The third-order valence-electron chi connectivity index (χ3n) is 5.76. The van der Waals surface area contributed by atoms with Crippen molar-refractivity contribution in [2.75, 3.05) is 29.8 Å². The van der Waals surface area contributed by atoms with Crippen molar-refractivity contribution >= 4 is 33.2 Å². The zero-order valence-corrected chi connectivity index (χ0v) is 20.2. The number of carbonyl (C=O) groups is 2. The van der Waals surface area contributed by atoms with Crippen LogP contribution in [0.25, 0.3) is 0 Å². The van der Waals surface area contributed by atoms with Crippen LogP contribution in [-0.4, -0.2) is 40.4 Å². The first-order valence-electron chi connectivity index (χ1n) is 11.3. The number of amides is 2. The number of ether oxygens (including phenoxy) is 1. The van der Waals surface area contributed by atoms with Gasteiger partial charge in [0.2, 0.25) is 5.91 Å². The highest BCUT2D eigenvalue weighted by atomic mass is 32.2. The summed E-state index contributed by atoms with van der Waals surface area (Å²) in [7, 11) is -2.19. The number of carbonyl (C=O) groups excluding carboxylic acids is 2. The van der Waals surface area contributed by atoms with E-state index < -0.39 is 10.0 Å². The van der Waals surface area contributed by atoms with Crippen molar-refractivity contribution in [3.8, 4) is 5.75 Å². The fourth-order valence-corrected chi connectivity index (χ4v) is 5.51. The molecule has 1 aliphatic heterocycles. The van der Waals surface area contributed by atoms with E-state index in [2.05, 4.69) is 10.6 Å². The standard InChI is InChI=1S/C26H27N3O5S/c1-34-22-9-4-7-20(18-22)26(31)27-16-15-25(30)28-21-11-13-23(14-12-21)35(32,33)29-17-5-8-19-6-2-3-10-24(19)29/h2-4,6-7,9-14,18H,5,8,15-17H2,1H3,(H,27,31)(H,28,30). The molecule has 0 aliphatic carbocycles. The summed E-state index contributed by atoms with van der Waals surface area (Å²) in [4.78, 5) is 24.7. The Bertz CT molecular complexity index is 1320. The van der Waals surface area contributed by atoms with Crippen LogP contribution in [0.1, 0.15) is 28.8 Å². The quantitative estimate of drug-likeness (QED) is 0.499. The van der Waals surface area contributed by atoms with Crippen molar-refractivity contribution < 1.29 is 22.7 Å².